The first-order valence-electron chi connectivity index (χ1n) is 7.51. The molecule has 0 atom stereocenters. The number of carbonyl (C=O) groups is 1. The zero-order valence-corrected chi connectivity index (χ0v) is 15.4. The predicted molar refractivity (Wildman–Crippen MR) is 98.5 cm³/mol. The van der Waals surface area contributed by atoms with Gasteiger partial charge in [-0.2, -0.15) is 0 Å². The standard InChI is InChI=1S/C18H20Cl2N2O2/c1-18(2,3)24-17(23)21-22(12-13-7-5-4-6-8-13)16-10-9-14(19)11-15(16)20/h4-11H,12H2,1-3H3,(H,21,23). The molecule has 0 saturated carbocycles. The van der Waals surface area contributed by atoms with Crippen molar-refractivity contribution >= 4 is 35.0 Å². The highest BCUT2D eigenvalue weighted by Crippen LogP contribution is 2.29. The van der Waals surface area contributed by atoms with Crippen LogP contribution in [0.5, 0.6) is 0 Å². The Morgan fingerprint density at radius 1 is 1.12 bits per heavy atom. The van der Waals surface area contributed by atoms with Crippen LogP contribution in [0.2, 0.25) is 10.0 Å². The van der Waals surface area contributed by atoms with E-state index in [4.69, 9.17) is 27.9 Å². The van der Waals surface area contributed by atoms with Crippen LogP contribution < -0.4 is 10.4 Å². The predicted octanol–water partition coefficient (Wildman–Crippen LogP) is 5.44. The maximum Gasteiger partial charge on any atom is 0.426 e. The summed E-state index contributed by atoms with van der Waals surface area (Å²) in [5.41, 5.74) is 3.80. The topological polar surface area (TPSA) is 41.6 Å². The lowest BCUT2D eigenvalue weighted by molar-refractivity contribution is 0.0520. The van der Waals surface area contributed by atoms with E-state index in [9.17, 15) is 4.79 Å². The Hall–Kier alpha value is -1.91. The number of anilines is 1. The van der Waals surface area contributed by atoms with Crippen molar-refractivity contribution in [3.63, 3.8) is 0 Å². The number of hydrogen-bond acceptors (Lipinski definition) is 3. The molecule has 1 N–H and O–H groups in total. The Morgan fingerprint density at radius 2 is 1.79 bits per heavy atom. The zero-order chi connectivity index (χ0) is 17.7. The van der Waals surface area contributed by atoms with E-state index in [0.29, 0.717) is 22.3 Å². The second-order valence-corrected chi connectivity index (χ2v) is 7.12. The Labute approximate surface area is 152 Å². The molecular formula is C18H20Cl2N2O2. The maximum absolute atomic E-state index is 12.2. The highest BCUT2D eigenvalue weighted by atomic mass is 35.5. The first kappa shape index (κ1) is 18.4. The summed E-state index contributed by atoms with van der Waals surface area (Å²) in [6.45, 7) is 5.86. The van der Waals surface area contributed by atoms with Crippen molar-refractivity contribution in [1.82, 2.24) is 5.43 Å². The third-order valence-corrected chi connectivity index (χ3v) is 3.55. The van der Waals surface area contributed by atoms with E-state index in [1.807, 2.05) is 51.1 Å². The molecule has 0 aliphatic heterocycles. The maximum atomic E-state index is 12.2. The van der Waals surface area contributed by atoms with Crippen LogP contribution in [0.1, 0.15) is 26.3 Å². The lowest BCUT2D eigenvalue weighted by Crippen LogP contribution is -2.44. The number of benzene rings is 2. The second-order valence-electron chi connectivity index (χ2n) is 6.28. The van der Waals surface area contributed by atoms with Gasteiger partial charge < -0.3 is 4.74 Å². The average molecular weight is 367 g/mol. The number of halogens is 2. The number of carbonyl (C=O) groups excluding carboxylic acids is 1. The Balaban J connectivity index is 2.25. The van der Waals surface area contributed by atoms with Gasteiger partial charge in [0.2, 0.25) is 0 Å². The molecule has 4 nitrogen and oxygen atoms in total. The van der Waals surface area contributed by atoms with Gasteiger partial charge in [0.25, 0.3) is 0 Å². The van der Waals surface area contributed by atoms with Gasteiger partial charge in [-0.1, -0.05) is 53.5 Å². The van der Waals surface area contributed by atoms with Crippen LogP contribution in [-0.4, -0.2) is 11.7 Å². The molecule has 2 aromatic carbocycles. The summed E-state index contributed by atoms with van der Waals surface area (Å²) >= 11 is 12.2. The van der Waals surface area contributed by atoms with Crippen molar-refractivity contribution in [2.45, 2.75) is 32.9 Å². The van der Waals surface area contributed by atoms with Crippen molar-refractivity contribution in [2.24, 2.45) is 0 Å². The SMILES string of the molecule is CC(C)(C)OC(=O)NN(Cc1ccccc1)c1ccc(Cl)cc1Cl. The zero-order valence-electron chi connectivity index (χ0n) is 13.8. The van der Waals surface area contributed by atoms with Crippen molar-refractivity contribution in [2.75, 3.05) is 5.01 Å². The number of nitrogens with zero attached hydrogens (tertiary/aromatic N) is 1. The first-order chi connectivity index (χ1) is 11.2. The molecule has 1 amide bonds. The van der Waals surface area contributed by atoms with Gasteiger partial charge >= 0.3 is 6.09 Å². The van der Waals surface area contributed by atoms with E-state index in [2.05, 4.69) is 5.43 Å². The quantitative estimate of drug-likeness (QED) is 0.732. The number of ether oxygens (including phenoxy) is 1. The molecule has 0 aliphatic carbocycles. The fourth-order valence-electron chi connectivity index (χ4n) is 2.06. The minimum absolute atomic E-state index is 0.432. The summed E-state index contributed by atoms with van der Waals surface area (Å²) in [6.07, 6.45) is -0.551. The molecular weight excluding hydrogens is 347 g/mol. The molecule has 0 aromatic heterocycles. The van der Waals surface area contributed by atoms with Crippen LogP contribution >= 0.6 is 23.2 Å². The minimum Gasteiger partial charge on any atom is -0.443 e. The van der Waals surface area contributed by atoms with E-state index >= 15 is 0 Å². The van der Waals surface area contributed by atoms with Gasteiger partial charge in [0.05, 0.1) is 17.3 Å². The van der Waals surface area contributed by atoms with E-state index < -0.39 is 11.7 Å². The molecule has 0 spiro atoms. The van der Waals surface area contributed by atoms with Crippen molar-refractivity contribution < 1.29 is 9.53 Å². The van der Waals surface area contributed by atoms with E-state index in [1.165, 1.54) is 0 Å². The molecule has 0 saturated heterocycles. The Kier molecular flexibility index (Phi) is 5.97. The molecule has 2 aromatic rings. The monoisotopic (exact) mass is 366 g/mol. The number of rotatable bonds is 4. The van der Waals surface area contributed by atoms with Gasteiger partial charge in [0.1, 0.15) is 5.60 Å². The molecule has 0 radical (unpaired) electrons. The molecule has 24 heavy (non-hydrogen) atoms. The van der Waals surface area contributed by atoms with Crippen LogP contribution in [0, 0.1) is 0 Å². The largest absolute Gasteiger partial charge is 0.443 e. The van der Waals surface area contributed by atoms with Crippen LogP contribution in [0.15, 0.2) is 48.5 Å². The molecule has 6 heteroatoms. The number of hydrazine groups is 1. The highest BCUT2D eigenvalue weighted by molar-refractivity contribution is 6.36. The fourth-order valence-corrected chi connectivity index (χ4v) is 2.57. The lowest BCUT2D eigenvalue weighted by atomic mass is 10.2. The molecule has 0 unspecified atom stereocenters. The number of hydrogen-bond donors (Lipinski definition) is 1. The van der Waals surface area contributed by atoms with E-state index in [-0.39, 0.29) is 0 Å². The average Bonchev–Trinajstić information content (AvgIpc) is 2.45. The first-order valence-corrected chi connectivity index (χ1v) is 8.26. The molecule has 0 bridgehead atoms. The lowest BCUT2D eigenvalue weighted by Gasteiger charge is -2.28. The van der Waals surface area contributed by atoms with E-state index in [1.54, 1.807) is 23.2 Å². The summed E-state index contributed by atoms with van der Waals surface area (Å²) in [4.78, 5) is 12.2. The van der Waals surface area contributed by atoms with Crippen LogP contribution in [0.25, 0.3) is 0 Å². The van der Waals surface area contributed by atoms with Crippen molar-refractivity contribution in [1.29, 1.82) is 0 Å². The normalized spacial score (nSPS) is 11.0. The third-order valence-electron chi connectivity index (χ3n) is 3.01. The summed E-state index contributed by atoms with van der Waals surface area (Å²) in [5.74, 6) is 0. The third kappa shape index (κ3) is 5.62. The summed E-state index contributed by atoms with van der Waals surface area (Å²) in [5, 5.41) is 2.61. The summed E-state index contributed by atoms with van der Waals surface area (Å²) < 4.78 is 5.33. The molecule has 2 rings (SSSR count). The van der Waals surface area contributed by atoms with Gasteiger partial charge in [-0.15, -0.1) is 0 Å². The Morgan fingerprint density at radius 3 is 2.38 bits per heavy atom. The Bertz CT molecular complexity index is 700. The number of amides is 1. The summed E-state index contributed by atoms with van der Waals surface area (Å²) in [7, 11) is 0. The van der Waals surface area contributed by atoms with Gasteiger partial charge in [-0.3, -0.25) is 5.01 Å². The number of nitrogens with one attached hydrogen (secondary N) is 1. The molecule has 128 valence electrons. The minimum atomic E-state index is -0.591. The van der Waals surface area contributed by atoms with Gasteiger partial charge in [0, 0.05) is 5.02 Å². The smallest absolute Gasteiger partial charge is 0.426 e. The van der Waals surface area contributed by atoms with Crippen LogP contribution in [0.4, 0.5) is 10.5 Å². The molecule has 0 aliphatic rings. The molecule has 0 fully saturated rings. The summed E-state index contributed by atoms with van der Waals surface area (Å²) in [6, 6.07) is 14.8. The molecule has 0 heterocycles. The van der Waals surface area contributed by atoms with Crippen LogP contribution in [0.3, 0.4) is 0 Å². The van der Waals surface area contributed by atoms with Crippen molar-refractivity contribution in [3.05, 3.63) is 64.1 Å². The second kappa shape index (κ2) is 7.77. The van der Waals surface area contributed by atoms with Gasteiger partial charge in [0.15, 0.2) is 0 Å². The van der Waals surface area contributed by atoms with Crippen molar-refractivity contribution in [3.8, 4) is 0 Å². The van der Waals surface area contributed by atoms with Gasteiger partial charge in [-0.05, 0) is 44.5 Å². The fraction of sp³-hybridized carbons (Fsp3) is 0.278. The highest BCUT2D eigenvalue weighted by Gasteiger charge is 2.20. The van der Waals surface area contributed by atoms with Crippen LogP contribution in [-0.2, 0) is 11.3 Å². The van der Waals surface area contributed by atoms with Gasteiger partial charge in [-0.25, -0.2) is 10.2 Å². The van der Waals surface area contributed by atoms with E-state index in [0.717, 1.165) is 5.56 Å².